The first kappa shape index (κ1) is 28.3. The molecule has 1 unspecified atom stereocenters. The molecule has 6 heterocycles. The van der Waals surface area contributed by atoms with E-state index in [1.807, 2.05) is 0 Å². The van der Waals surface area contributed by atoms with Gasteiger partial charge in [0.05, 0.1) is 17.7 Å². The van der Waals surface area contributed by atoms with Gasteiger partial charge >= 0.3 is 6.01 Å². The number of hydrogen-bond acceptors (Lipinski definition) is 9. The monoisotopic (exact) mass is 619 g/mol. The van der Waals surface area contributed by atoms with Gasteiger partial charge < -0.3 is 24.6 Å². The zero-order valence-electron chi connectivity index (χ0n) is 24.5. The molecule has 0 bridgehead atoms. The second kappa shape index (κ2) is 10.7. The van der Waals surface area contributed by atoms with E-state index in [0.29, 0.717) is 30.3 Å². The first-order valence-corrected chi connectivity index (χ1v) is 15.4. The summed E-state index contributed by atoms with van der Waals surface area (Å²) in [4.78, 5) is 15.9. The molecule has 8 rings (SSSR count). The quantitative estimate of drug-likeness (QED) is 0.278. The number of fused-ring (bicyclic) bond motifs is 2. The van der Waals surface area contributed by atoms with Crippen molar-refractivity contribution in [1.29, 1.82) is 0 Å². The van der Waals surface area contributed by atoms with Crippen molar-refractivity contribution in [2.75, 3.05) is 38.2 Å². The van der Waals surface area contributed by atoms with Gasteiger partial charge in [-0.25, -0.2) is 18.2 Å². The lowest BCUT2D eigenvalue weighted by atomic mass is 9.95. The summed E-state index contributed by atoms with van der Waals surface area (Å²) in [7, 11) is 0. The second-order valence-corrected chi connectivity index (χ2v) is 12.4. The van der Waals surface area contributed by atoms with Crippen LogP contribution in [0.5, 0.6) is 17.6 Å². The predicted octanol–water partition coefficient (Wildman–Crippen LogP) is 5.78. The largest absolute Gasteiger partial charge is 0.508 e. The Morgan fingerprint density at radius 2 is 2.07 bits per heavy atom. The van der Waals surface area contributed by atoms with E-state index in [1.165, 1.54) is 30.3 Å². The SMILES string of the molecule is C=Cc1c(F)ccc2cc(O)cc(-c3nc4c5c(nc(OC[C@@]67CCCN6C[C@H](F)C7)nc5c3F)N[C@@H](C3CCCO3)CO4)c12. The molecule has 0 saturated carbocycles. The van der Waals surface area contributed by atoms with Crippen molar-refractivity contribution in [3.8, 4) is 28.9 Å². The Morgan fingerprint density at radius 3 is 2.89 bits per heavy atom. The Hall–Kier alpha value is -4.16. The van der Waals surface area contributed by atoms with Gasteiger partial charge in [0.1, 0.15) is 53.4 Å². The van der Waals surface area contributed by atoms with E-state index in [2.05, 4.69) is 31.7 Å². The van der Waals surface area contributed by atoms with Crippen LogP contribution in [0.15, 0.2) is 30.8 Å². The minimum Gasteiger partial charge on any atom is -0.508 e. The van der Waals surface area contributed by atoms with Gasteiger partial charge in [-0.05, 0) is 55.8 Å². The minimum absolute atomic E-state index is 0.0675. The van der Waals surface area contributed by atoms with Crippen molar-refractivity contribution < 1.29 is 32.5 Å². The molecule has 4 atom stereocenters. The van der Waals surface area contributed by atoms with E-state index in [9.17, 15) is 13.9 Å². The molecular formula is C33H32F3N5O4. The van der Waals surface area contributed by atoms with Crippen LogP contribution in [0.2, 0.25) is 0 Å². The zero-order chi connectivity index (χ0) is 30.9. The fourth-order valence-corrected chi connectivity index (χ4v) is 7.57. The van der Waals surface area contributed by atoms with E-state index >= 15 is 4.39 Å². The standard InChI is InChI=1S/C33H32F3N5O4/c1-2-20-22(35)7-6-17-11-19(42)12-21(25(17)20)28-27(36)29-26-30(37-23(15-44-31(26)38-28)24-5-3-10-43-24)40-32(39-29)45-16-33-8-4-9-41(33)14-18(34)13-33/h2,6-7,11-12,18,23-24,42H,1,3-5,8-10,13-16H2,(H,37,39,40)/t18-,23-,24?,33+/m1/s1. The molecule has 12 heteroatoms. The summed E-state index contributed by atoms with van der Waals surface area (Å²) in [6, 6.07) is 5.20. The van der Waals surface area contributed by atoms with Crippen molar-refractivity contribution in [2.45, 2.75) is 56.0 Å². The number of ether oxygens (including phenoxy) is 3. The normalized spacial score (nSPS) is 26.1. The molecule has 0 amide bonds. The number of phenols is 1. The van der Waals surface area contributed by atoms with Gasteiger partial charge in [-0.1, -0.05) is 18.7 Å². The predicted molar refractivity (Wildman–Crippen MR) is 162 cm³/mol. The molecular weight excluding hydrogens is 587 g/mol. The fourth-order valence-electron chi connectivity index (χ4n) is 7.57. The molecule has 0 aliphatic carbocycles. The van der Waals surface area contributed by atoms with E-state index < -0.39 is 23.3 Å². The highest BCUT2D eigenvalue weighted by atomic mass is 19.1. The number of hydrogen-bond donors (Lipinski definition) is 2. The molecule has 0 radical (unpaired) electrons. The molecule has 4 aliphatic rings. The van der Waals surface area contributed by atoms with Crippen LogP contribution in [-0.2, 0) is 4.74 Å². The summed E-state index contributed by atoms with van der Waals surface area (Å²) >= 11 is 0. The van der Waals surface area contributed by atoms with Gasteiger partial charge in [0.15, 0.2) is 5.82 Å². The molecule has 45 heavy (non-hydrogen) atoms. The number of halogens is 3. The van der Waals surface area contributed by atoms with Crippen LogP contribution >= 0.6 is 0 Å². The van der Waals surface area contributed by atoms with Gasteiger partial charge in [0.25, 0.3) is 0 Å². The van der Waals surface area contributed by atoms with Crippen LogP contribution in [0.1, 0.15) is 37.7 Å². The Morgan fingerprint density at radius 1 is 1.18 bits per heavy atom. The summed E-state index contributed by atoms with van der Waals surface area (Å²) < 4.78 is 64.5. The lowest BCUT2D eigenvalue weighted by molar-refractivity contribution is 0.0799. The summed E-state index contributed by atoms with van der Waals surface area (Å²) in [5, 5.41) is 15.0. The number of aromatic nitrogens is 3. The van der Waals surface area contributed by atoms with Crippen LogP contribution in [0.3, 0.4) is 0 Å². The van der Waals surface area contributed by atoms with Crippen LogP contribution < -0.4 is 14.8 Å². The van der Waals surface area contributed by atoms with Gasteiger partial charge in [-0.2, -0.15) is 9.97 Å². The zero-order valence-corrected chi connectivity index (χ0v) is 24.5. The highest BCUT2D eigenvalue weighted by Gasteiger charge is 2.49. The molecule has 234 valence electrons. The Kier molecular flexibility index (Phi) is 6.75. The highest BCUT2D eigenvalue weighted by molar-refractivity contribution is 6.05. The second-order valence-electron chi connectivity index (χ2n) is 12.4. The number of benzene rings is 2. The lowest BCUT2D eigenvalue weighted by Crippen LogP contribution is -2.43. The number of aromatic hydroxyl groups is 1. The van der Waals surface area contributed by atoms with Crippen molar-refractivity contribution in [2.24, 2.45) is 0 Å². The van der Waals surface area contributed by atoms with E-state index in [4.69, 9.17) is 14.2 Å². The third-order valence-electron chi connectivity index (χ3n) is 9.65. The maximum Gasteiger partial charge on any atom is 0.319 e. The molecule has 0 spiro atoms. The van der Waals surface area contributed by atoms with Crippen LogP contribution in [0.4, 0.5) is 19.0 Å². The smallest absolute Gasteiger partial charge is 0.319 e. The van der Waals surface area contributed by atoms with Gasteiger partial charge in [0.2, 0.25) is 5.88 Å². The van der Waals surface area contributed by atoms with E-state index in [0.717, 1.165) is 32.2 Å². The van der Waals surface area contributed by atoms with Crippen molar-refractivity contribution in [1.82, 2.24) is 19.9 Å². The summed E-state index contributed by atoms with van der Waals surface area (Å²) in [5.41, 5.74) is -0.462. The first-order valence-electron chi connectivity index (χ1n) is 15.4. The number of pyridine rings is 1. The Balaban J connectivity index is 1.29. The summed E-state index contributed by atoms with van der Waals surface area (Å²) in [5.74, 6) is -1.15. The Labute approximate surface area is 257 Å². The van der Waals surface area contributed by atoms with Gasteiger partial charge in [-0.15, -0.1) is 0 Å². The molecule has 2 aromatic heterocycles. The molecule has 4 aliphatic heterocycles. The molecule has 3 fully saturated rings. The van der Waals surface area contributed by atoms with Crippen LogP contribution in [-0.4, -0.2) is 81.7 Å². The van der Waals surface area contributed by atoms with Crippen molar-refractivity contribution in [3.63, 3.8) is 0 Å². The van der Waals surface area contributed by atoms with Gasteiger partial charge in [0, 0.05) is 36.1 Å². The van der Waals surface area contributed by atoms with Gasteiger partial charge in [-0.3, -0.25) is 4.90 Å². The third-order valence-corrected chi connectivity index (χ3v) is 9.65. The average Bonchev–Trinajstić information content (AvgIpc) is 3.73. The van der Waals surface area contributed by atoms with E-state index in [-0.39, 0.29) is 76.5 Å². The number of phenolic OH excluding ortho intramolecular Hbond substituents is 1. The van der Waals surface area contributed by atoms with Crippen molar-refractivity contribution >= 4 is 33.6 Å². The highest BCUT2D eigenvalue weighted by Crippen LogP contribution is 2.44. The topological polar surface area (TPSA) is 102 Å². The summed E-state index contributed by atoms with van der Waals surface area (Å²) in [6.07, 6.45) is 4.08. The fraction of sp³-hybridized carbons (Fsp3) is 0.424. The number of rotatable bonds is 6. The minimum atomic E-state index is -0.932. The Bertz CT molecular complexity index is 1850. The number of alkyl halides is 1. The molecule has 9 nitrogen and oxygen atoms in total. The average molecular weight is 620 g/mol. The van der Waals surface area contributed by atoms with Crippen LogP contribution in [0.25, 0.3) is 39.0 Å². The molecule has 4 aromatic rings. The third kappa shape index (κ3) is 4.64. The maximum atomic E-state index is 16.8. The maximum absolute atomic E-state index is 16.8. The lowest BCUT2D eigenvalue weighted by Gasteiger charge is -2.30. The molecule has 2 aromatic carbocycles. The van der Waals surface area contributed by atoms with Crippen molar-refractivity contribution in [3.05, 3.63) is 48.0 Å². The summed E-state index contributed by atoms with van der Waals surface area (Å²) in [6.45, 7) is 5.87. The molecule has 2 N–H and O–H groups in total. The number of nitrogens with one attached hydrogen (secondary N) is 1. The molecule has 3 saturated heterocycles. The first-order chi connectivity index (χ1) is 21.8. The number of nitrogens with zero attached hydrogens (tertiary/aromatic N) is 4. The number of anilines is 1. The van der Waals surface area contributed by atoms with Crippen LogP contribution in [0, 0.1) is 11.6 Å². The van der Waals surface area contributed by atoms with E-state index in [1.54, 1.807) is 0 Å².